The Morgan fingerprint density at radius 1 is 1.41 bits per heavy atom. The lowest BCUT2D eigenvalue weighted by Gasteiger charge is -2.27. The monoisotopic (exact) mass is 240 g/mol. The van der Waals surface area contributed by atoms with Crippen LogP contribution in [-0.2, 0) is 4.79 Å². The number of nitrogens with two attached hydrogens (primary N) is 1. The molecule has 1 amide bonds. The fourth-order valence-corrected chi connectivity index (χ4v) is 3.28. The van der Waals surface area contributed by atoms with Crippen molar-refractivity contribution < 1.29 is 9.90 Å². The number of hydrogen-bond donors (Lipinski definition) is 3. The third kappa shape index (κ3) is 2.47. The third-order valence-corrected chi connectivity index (χ3v) is 4.54. The molecule has 0 aromatic carbocycles. The fraction of sp³-hybridized carbons (Fsp3) is 0.923. The first-order valence-corrected chi connectivity index (χ1v) is 6.72. The fourth-order valence-electron chi connectivity index (χ4n) is 3.28. The van der Waals surface area contributed by atoms with Crippen LogP contribution >= 0.6 is 0 Å². The normalized spacial score (nSPS) is 37.5. The van der Waals surface area contributed by atoms with E-state index in [9.17, 15) is 9.90 Å². The van der Waals surface area contributed by atoms with Crippen LogP contribution in [0.15, 0.2) is 0 Å². The Balaban J connectivity index is 1.84. The molecule has 2 saturated carbocycles. The molecule has 0 aliphatic heterocycles. The van der Waals surface area contributed by atoms with Gasteiger partial charge in [0, 0.05) is 12.6 Å². The second-order valence-electron chi connectivity index (χ2n) is 5.99. The van der Waals surface area contributed by atoms with Crippen LogP contribution in [0.5, 0.6) is 0 Å². The highest BCUT2D eigenvalue weighted by Gasteiger charge is 2.48. The minimum Gasteiger partial charge on any atom is -0.391 e. The molecular weight excluding hydrogens is 216 g/mol. The van der Waals surface area contributed by atoms with E-state index in [2.05, 4.69) is 5.32 Å². The molecule has 4 N–H and O–H groups in total. The number of carbonyl (C=O) groups excluding carboxylic acids is 1. The van der Waals surface area contributed by atoms with Gasteiger partial charge in [0.1, 0.15) is 0 Å². The molecule has 0 saturated heterocycles. The lowest BCUT2D eigenvalue weighted by Crippen LogP contribution is -2.47. The van der Waals surface area contributed by atoms with Gasteiger partial charge in [-0.1, -0.05) is 13.8 Å². The molecule has 2 rings (SSSR count). The molecule has 0 radical (unpaired) electrons. The lowest BCUT2D eigenvalue weighted by molar-refractivity contribution is -0.127. The van der Waals surface area contributed by atoms with Gasteiger partial charge in [-0.2, -0.15) is 0 Å². The molecule has 0 aromatic heterocycles. The summed E-state index contributed by atoms with van der Waals surface area (Å²) in [5.74, 6) is 1.22. The van der Waals surface area contributed by atoms with E-state index >= 15 is 0 Å². The highest BCUT2D eigenvalue weighted by Crippen LogP contribution is 2.47. The van der Waals surface area contributed by atoms with Gasteiger partial charge in [0.15, 0.2) is 0 Å². The molecule has 2 aliphatic rings. The Morgan fingerprint density at radius 3 is 2.59 bits per heavy atom. The summed E-state index contributed by atoms with van der Waals surface area (Å²) in [6, 6.07) is 0.0324. The van der Waals surface area contributed by atoms with Gasteiger partial charge in [0.25, 0.3) is 0 Å². The number of nitrogens with one attached hydrogen (secondary N) is 1. The molecule has 5 atom stereocenters. The van der Waals surface area contributed by atoms with Crippen molar-refractivity contribution >= 4 is 5.91 Å². The lowest BCUT2D eigenvalue weighted by atomic mass is 9.84. The first-order chi connectivity index (χ1) is 8.00. The Morgan fingerprint density at radius 2 is 2.06 bits per heavy atom. The average molecular weight is 240 g/mol. The molecular formula is C13H24N2O2. The van der Waals surface area contributed by atoms with Crippen LogP contribution in [-0.4, -0.2) is 29.7 Å². The molecule has 5 unspecified atom stereocenters. The zero-order valence-corrected chi connectivity index (χ0v) is 10.7. The van der Waals surface area contributed by atoms with Gasteiger partial charge in [-0.05, 0) is 37.0 Å². The van der Waals surface area contributed by atoms with Gasteiger partial charge < -0.3 is 16.2 Å². The van der Waals surface area contributed by atoms with Crippen molar-refractivity contribution in [3.05, 3.63) is 0 Å². The van der Waals surface area contributed by atoms with E-state index in [-0.39, 0.29) is 23.8 Å². The van der Waals surface area contributed by atoms with Gasteiger partial charge in [-0.15, -0.1) is 0 Å². The smallest absolute Gasteiger partial charge is 0.225 e. The van der Waals surface area contributed by atoms with Gasteiger partial charge in [-0.25, -0.2) is 0 Å². The second-order valence-corrected chi connectivity index (χ2v) is 5.99. The molecule has 2 fully saturated rings. The topological polar surface area (TPSA) is 75.3 Å². The second kappa shape index (κ2) is 4.94. The molecule has 0 aromatic rings. The molecule has 0 spiro atoms. The maximum atomic E-state index is 12.1. The van der Waals surface area contributed by atoms with Crippen LogP contribution in [0.3, 0.4) is 0 Å². The summed E-state index contributed by atoms with van der Waals surface area (Å²) in [5.41, 5.74) is 6.11. The van der Waals surface area contributed by atoms with Gasteiger partial charge in [0.05, 0.1) is 12.0 Å². The van der Waals surface area contributed by atoms with Crippen LogP contribution in [0.2, 0.25) is 0 Å². The molecule has 0 heterocycles. The van der Waals surface area contributed by atoms with Crippen molar-refractivity contribution in [1.29, 1.82) is 0 Å². The zero-order valence-electron chi connectivity index (χ0n) is 10.7. The Labute approximate surface area is 103 Å². The minimum absolute atomic E-state index is 0.0203. The molecule has 2 bridgehead atoms. The van der Waals surface area contributed by atoms with Crippen molar-refractivity contribution in [2.24, 2.45) is 29.4 Å². The van der Waals surface area contributed by atoms with E-state index in [1.165, 1.54) is 6.42 Å². The Bertz CT molecular complexity index is 291. The van der Waals surface area contributed by atoms with Crippen LogP contribution < -0.4 is 11.1 Å². The minimum atomic E-state index is -0.464. The Kier molecular flexibility index (Phi) is 3.73. The number of rotatable bonds is 4. The first kappa shape index (κ1) is 12.8. The summed E-state index contributed by atoms with van der Waals surface area (Å²) >= 11 is 0. The van der Waals surface area contributed by atoms with E-state index < -0.39 is 6.10 Å². The molecule has 98 valence electrons. The molecule has 4 nitrogen and oxygen atoms in total. The van der Waals surface area contributed by atoms with Crippen molar-refractivity contribution in [1.82, 2.24) is 5.32 Å². The van der Waals surface area contributed by atoms with Crippen LogP contribution in [0.1, 0.15) is 33.1 Å². The summed E-state index contributed by atoms with van der Waals surface area (Å²) in [7, 11) is 0. The third-order valence-electron chi connectivity index (χ3n) is 4.54. The maximum Gasteiger partial charge on any atom is 0.225 e. The highest BCUT2D eigenvalue weighted by molar-refractivity contribution is 5.80. The quantitative estimate of drug-likeness (QED) is 0.669. The predicted molar refractivity (Wildman–Crippen MR) is 66.2 cm³/mol. The van der Waals surface area contributed by atoms with Crippen molar-refractivity contribution in [2.75, 3.05) is 6.54 Å². The first-order valence-electron chi connectivity index (χ1n) is 6.72. The van der Waals surface area contributed by atoms with Crippen molar-refractivity contribution in [2.45, 2.75) is 45.3 Å². The van der Waals surface area contributed by atoms with Crippen molar-refractivity contribution in [3.63, 3.8) is 0 Å². The van der Waals surface area contributed by atoms with Crippen LogP contribution in [0.4, 0.5) is 0 Å². The van der Waals surface area contributed by atoms with E-state index in [1.807, 2.05) is 13.8 Å². The summed E-state index contributed by atoms with van der Waals surface area (Å²) in [6.45, 7) is 4.23. The summed E-state index contributed by atoms with van der Waals surface area (Å²) in [5, 5.41) is 12.5. The van der Waals surface area contributed by atoms with Gasteiger partial charge >= 0.3 is 0 Å². The molecule has 4 heteroatoms. The van der Waals surface area contributed by atoms with E-state index in [4.69, 9.17) is 5.73 Å². The van der Waals surface area contributed by atoms with E-state index in [1.54, 1.807) is 0 Å². The van der Waals surface area contributed by atoms with Gasteiger partial charge in [-0.3, -0.25) is 4.79 Å². The number of hydrogen-bond acceptors (Lipinski definition) is 3. The summed E-state index contributed by atoms with van der Waals surface area (Å²) < 4.78 is 0. The van der Waals surface area contributed by atoms with Crippen LogP contribution in [0, 0.1) is 23.7 Å². The maximum absolute atomic E-state index is 12.1. The number of carbonyl (C=O) groups is 1. The highest BCUT2D eigenvalue weighted by atomic mass is 16.3. The zero-order chi connectivity index (χ0) is 12.6. The largest absolute Gasteiger partial charge is 0.391 e. The Hall–Kier alpha value is -0.610. The summed E-state index contributed by atoms with van der Waals surface area (Å²) in [6.07, 6.45) is 2.98. The number of aliphatic hydroxyl groups excluding tert-OH is 1. The van der Waals surface area contributed by atoms with Gasteiger partial charge in [0.2, 0.25) is 5.91 Å². The standard InChI is InChI=1S/C13H24N2O2/c1-7(2)10(16)6-15-13(17)11-8-3-4-9(5-8)12(11)14/h7-12,16H,3-6,14H2,1-2H3,(H,15,17). The van der Waals surface area contributed by atoms with Crippen LogP contribution in [0.25, 0.3) is 0 Å². The number of fused-ring (bicyclic) bond motifs is 2. The molecule has 2 aliphatic carbocycles. The average Bonchev–Trinajstić information content (AvgIpc) is 2.85. The summed E-state index contributed by atoms with van der Waals surface area (Å²) in [4.78, 5) is 12.1. The number of amides is 1. The van der Waals surface area contributed by atoms with Crippen molar-refractivity contribution in [3.8, 4) is 0 Å². The molecule has 17 heavy (non-hydrogen) atoms. The predicted octanol–water partition coefficient (Wildman–Crippen LogP) is 0.493. The SMILES string of the molecule is CC(C)C(O)CNC(=O)C1C2CCC(C2)C1N. The number of aliphatic hydroxyl groups is 1. The van der Waals surface area contributed by atoms with E-state index in [0.29, 0.717) is 18.4 Å². The van der Waals surface area contributed by atoms with E-state index in [0.717, 1.165) is 12.8 Å².